The third-order valence-corrected chi connectivity index (χ3v) is 2.80. The van der Waals surface area contributed by atoms with Crippen LogP contribution in [0.25, 0.3) is 0 Å². The summed E-state index contributed by atoms with van der Waals surface area (Å²) < 4.78 is 5.42. The summed E-state index contributed by atoms with van der Waals surface area (Å²) in [5, 5.41) is 0. The molecule has 0 radical (unpaired) electrons. The first-order valence-corrected chi connectivity index (χ1v) is 5.65. The van der Waals surface area contributed by atoms with Gasteiger partial charge >= 0.3 is 0 Å². The van der Waals surface area contributed by atoms with E-state index in [9.17, 15) is 4.79 Å². The number of hydrogen-bond donors (Lipinski definition) is 1. The highest BCUT2D eigenvalue weighted by Gasteiger charge is 2.33. The molecule has 1 heterocycles. The van der Waals surface area contributed by atoms with Gasteiger partial charge in [0.2, 0.25) is 0 Å². The summed E-state index contributed by atoms with van der Waals surface area (Å²) in [6, 6.07) is 0. The number of carbonyl (C=O) groups excluding carboxylic acids is 1. The van der Waals surface area contributed by atoms with Crippen LogP contribution >= 0.6 is 12.2 Å². The molecule has 4 nitrogen and oxygen atoms in total. The highest BCUT2D eigenvalue weighted by molar-refractivity contribution is 7.80. The van der Waals surface area contributed by atoms with Crippen molar-refractivity contribution in [3.8, 4) is 0 Å². The number of thiocarbonyl (C=S) groups is 1. The minimum absolute atomic E-state index is 0.00954. The predicted octanol–water partition coefficient (Wildman–Crippen LogP) is 0.546. The molecule has 1 aliphatic rings. The van der Waals surface area contributed by atoms with E-state index in [0.29, 0.717) is 24.7 Å². The van der Waals surface area contributed by atoms with Gasteiger partial charge in [-0.3, -0.25) is 4.79 Å². The van der Waals surface area contributed by atoms with Gasteiger partial charge in [-0.1, -0.05) is 19.1 Å². The fourth-order valence-electron chi connectivity index (χ4n) is 1.72. The molecule has 0 aromatic rings. The van der Waals surface area contributed by atoms with Crippen molar-refractivity contribution in [2.24, 2.45) is 11.7 Å². The van der Waals surface area contributed by atoms with Crippen molar-refractivity contribution in [1.82, 2.24) is 4.90 Å². The Bertz CT molecular complexity index is 258. The first-order chi connectivity index (χ1) is 7.06. The maximum Gasteiger partial charge on any atom is 0.252 e. The van der Waals surface area contributed by atoms with E-state index in [0.717, 1.165) is 6.42 Å². The van der Waals surface area contributed by atoms with Crippen LogP contribution in [-0.4, -0.2) is 41.6 Å². The topological polar surface area (TPSA) is 55.6 Å². The Morgan fingerprint density at radius 2 is 2.33 bits per heavy atom. The summed E-state index contributed by atoms with van der Waals surface area (Å²) in [7, 11) is 0. The maximum absolute atomic E-state index is 12.0. The molecule has 1 amide bonds. The van der Waals surface area contributed by atoms with Gasteiger partial charge in [0.25, 0.3) is 5.91 Å². The average molecular weight is 230 g/mol. The second-order valence-electron chi connectivity index (χ2n) is 3.88. The molecular formula is C10H18N2O2S. The predicted molar refractivity (Wildman–Crippen MR) is 62.6 cm³/mol. The molecule has 1 rings (SSSR count). The Labute approximate surface area is 95.8 Å². The fourth-order valence-corrected chi connectivity index (χ4v) is 1.88. The van der Waals surface area contributed by atoms with Gasteiger partial charge in [-0.15, -0.1) is 0 Å². The summed E-state index contributed by atoms with van der Waals surface area (Å²) in [6.07, 6.45) is 0.639. The lowest BCUT2D eigenvalue weighted by Gasteiger charge is -2.24. The van der Waals surface area contributed by atoms with Gasteiger partial charge in [-0.25, -0.2) is 0 Å². The molecule has 0 bridgehead atoms. The number of likely N-dealkylation sites (N-methyl/N-ethyl adjacent to an activating group) is 1. The van der Waals surface area contributed by atoms with Crippen molar-refractivity contribution in [3.63, 3.8) is 0 Å². The standard InChI is InChI=1S/C10H18N2O2S/c1-3-12(6-8(11)15)10(13)9-7(2)4-5-14-9/h7,9H,3-6H2,1-2H3,(H2,11,15). The minimum Gasteiger partial charge on any atom is -0.392 e. The molecule has 2 N–H and O–H groups in total. The van der Waals surface area contributed by atoms with Crippen LogP contribution in [0.4, 0.5) is 0 Å². The van der Waals surface area contributed by atoms with Crippen molar-refractivity contribution in [3.05, 3.63) is 0 Å². The highest BCUT2D eigenvalue weighted by atomic mass is 32.1. The van der Waals surface area contributed by atoms with Crippen molar-refractivity contribution in [2.45, 2.75) is 26.4 Å². The zero-order valence-electron chi connectivity index (χ0n) is 9.23. The van der Waals surface area contributed by atoms with E-state index in [1.807, 2.05) is 13.8 Å². The van der Waals surface area contributed by atoms with Crippen LogP contribution in [0.5, 0.6) is 0 Å². The normalized spacial score (nSPS) is 25.2. The maximum atomic E-state index is 12.0. The number of rotatable bonds is 4. The molecule has 0 aromatic carbocycles. The van der Waals surface area contributed by atoms with Crippen LogP contribution in [0, 0.1) is 5.92 Å². The Morgan fingerprint density at radius 3 is 2.73 bits per heavy atom. The molecule has 2 unspecified atom stereocenters. The third-order valence-electron chi connectivity index (χ3n) is 2.67. The highest BCUT2D eigenvalue weighted by Crippen LogP contribution is 2.21. The molecule has 5 heteroatoms. The zero-order chi connectivity index (χ0) is 11.4. The Morgan fingerprint density at radius 1 is 1.67 bits per heavy atom. The molecule has 0 spiro atoms. The van der Waals surface area contributed by atoms with Crippen LogP contribution in [0.2, 0.25) is 0 Å². The van der Waals surface area contributed by atoms with Crippen LogP contribution in [0.3, 0.4) is 0 Å². The van der Waals surface area contributed by atoms with Crippen LogP contribution in [0.15, 0.2) is 0 Å². The SMILES string of the molecule is CCN(CC(N)=S)C(=O)C1OCCC1C. The quantitative estimate of drug-likeness (QED) is 0.716. The summed E-state index contributed by atoms with van der Waals surface area (Å²) in [5.74, 6) is 0.299. The summed E-state index contributed by atoms with van der Waals surface area (Å²) in [6.45, 7) is 5.57. The van der Waals surface area contributed by atoms with Crippen molar-refractivity contribution < 1.29 is 9.53 Å². The first kappa shape index (κ1) is 12.4. The smallest absolute Gasteiger partial charge is 0.252 e. The van der Waals surface area contributed by atoms with E-state index < -0.39 is 0 Å². The van der Waals surface area contributed by atoms with E-state index in [4.69, 9.17) is 22.7 Å². The lowest BCUT2D eigenvalue weighted by molar-refractivity contribution is -0.141. The molecule has 15 heavy (non-hydrogen) atoms. The van der Waals surface area contributed by atoms with E-state index in [1.165, 1.54) is 0 Å². The lowest BCUT2D eigenvalue weighted by atomic mass is 10.0. The summed E-state index contributed by atoms with van der Waals surface area (Å²) >= 11 is 4.80. The van der Waals surface area contributed by atoms with Crippen LogP contribution in [-0.2, 0) is 9.53 Å². The molecule has 0 aromatic heterocycles. The Balaban J connectivity index is 2.59. The van der Waals surface area contributed by atoms with E-state index >= 15 is 0 Å². The molecule has 86 valence electrons. The summed E-state index contributed by atoms with van der Waals surface area (Å²) in [4.78, 5) is 14.0. The van der Waals surface area contributed by atoms with Gasteiger partial charge in [0.15, 0.2) is 0 Å². The zero-order valence-corrected chi connectivity index (χ0v) is 10.0. The second-order valence-corrected chi connectivity index (χ2v) is 4.40. The van der Waals surface area contributed by atoms with Gasteiger partial charge in [0.1, 0.15) is 6.10 Å². The monoisotopic (exact) mass is 230 g/mol. The lowest BCUT2D eigenvalue weighted by Crippen LogP contribution is -2.44. The van der Waals surface area contributed by atoms with E-state index in [-0.39, 0.29) is 17.9 Å². The van der Waals surface area contributed by atoms with Crippen LogP contribution < -0.4 is 5.73 Å². The van der Waals surface area contributed by atoms with Gasteiger partial charge in [-0.05, 0) is 19.3 Å². The Hall–Kier alpha value is -0.680. The fraction of sp³-hybridized carbons (Fsp3) is 0.800. The molecule has 2 atom stereocenters. The molecular weight excluding hydrogens is 212 g/mol. The number of nitrogens with two attached hydrogens (primary N) is 1. The van der Waals surface area contributed by atoms with Crippen LogP contribution in [0.1, 0.15) is 20.3 Å². The molecule has 0 aliphatic carbocycles. The van der Waals surface area contributed by atoms with Gasteiger partial charge in [-0.2, -0.15) is 0 Å². The molecule has 1 aliphatic heterocycles. The Kier molecular flexibility index (Phi) is 4.47. The number of nitrogens with zero attached hydrogens (tertiary/aromatic N) is 1. The molecule has 1 saturated heterocycles. The van der Waals surface area contributed by atoms with E-state index in [1.54, 1.807) is 4.90 Å². The second kappa shape index (κ2) is 5.42. The summed E-state index contributed by atoms with van der Waals surface area (Å²) in [5.41, 5.74) is 5.44. The van der Waals surface area contributed by atoms with Crippen molar-refractivity contribution in [1.29, 1.82) is 0 Å². The number of hydrogen-bond acceptors (Lipinski definition) is 3. The number of carbonyl (C=O) groups is 1. The third kappa shape index (κ3) is 3.14. The van der Waals surface area contributed by atoms with Gasteiger partial charge < -0.3 is 15.4 Å². The minimum atomic E-state index is -0.306. The number of amides is 1. The first-order valence-electron chi connectivity index (χ1n) is 5.25. The van der Waals surface area contributed by atoms with Gasteiger partial charge in [0.05, 0.1) is 11.5 Å². The van der Waals surface area contributed by atoms with Crippen molar-refractivity contribution >= 4 is 23.1 Å². The average Bonchev–Trinajstić information content (AvgIpc) is 2.59. The van der Waals surface area contributed by atoms with Gasteiger partial charge in [0, 0.05) is 13.2 Å². The van der Waals surface area contributed by atoms with Crippen molar-refractivity contribution in [2.75, 3.05) is 19.7 Å². The largest absolute Gasteiger partial charge is 0.392 e. The molecule has 1 fully saturated rings. The molecule has 0 saturated carbocycles. The van der Waals surface area contributed by atoms with E-state index in [2.05, 4.69) is 0 Å². The number of ether oxygens (including phenoxy) is 1.